The first-order chi connectivity index (χ1) is 29.0. The van der Waals surface area contributed by atoms with Gasteiger partial charge in [-0.1, -0.05) is 196 Å². The number of hydrogen-bond acceptors (Lipinski definition) is 1. The standard InChI is InChI=1S/C57H42N2/c1-57(2)52-26-16-15-25-49(52)50-33-32-46(38-53(50)57)58(45-30-27-41(28-31-45)39-17-7-3-8-18-39)59-54-36-29-44(40-19-9-4-10-20-40)37-51(54)55-47(42-21-11-5-12-22-42)34-35-48(56(55)59)43-23-13-6-14-24-43/h3-38H,1-2H3. The number of anilines is 2. The highest BCUT2D eigenvalue weighted by Gasteiger charge is 2.36. The van der Waals surface area contributed by atoms with Crippen LogP contribution in [0.25, 0.3) is 77.4 Å². The average Bonchev–Trinajstić information content (AvgIpc) is 3.75. The minimum atomic E-state index is -0.161. The lowest BCUT2D eigenvalue weighted by Gasteiger charge is -2.31. The van der Waals surface area contributed by atoms with Crippen LogP contribution < -0.4 is 5.01 Å². The maximum absolute atomic E-state index is 2.50. The molecule has 0 saturated carbocycles. The first kappa shape index (κ1) is 34.8. The third-order valence-electron chi connectivity index (χ3n) is 12.4. The topological polar surface area (TPSA) is 8.17 Å². The summed E-state index contributed by atoms with van der Waals surface area (Å²) < 4.78 is 2.50. The number of rotatable bonds is 7. The molecule has 2 nitrogen and oxygen atoms in total. The van der Waals surface area contributed by atoms with Gasteiger partial charge in [0.1, 0.15) is 0 Å². The molecule has 0 unspecified atom stereocenters. The summed E-state index contributed by atoms with van der Waals surface area (Å²) in [6.07, 6.45) is 0. The highest BCUT2D eigenvalue weighted by atomic mass is 15.6. The monoisotopic (exact) mass is 754 g/mol. The van der Waals surface area contributed by atoms with Gasteiger partial charge in [0, 0.05) is 21.8 Å². The molecule has 2 heteroatoms. The van der Waals surface area contributed by atoms with Crippen LogP contribution >= 0.6 is 0 Å². The van der Waals surface area contributed by atoms with E-state index < -0.39 is 0 Å². The second-order valence-corrected chi connectivity index (χ2v) is 16.2. The number of fused-ring (bicyclic) bond motifs is 6. The van der Waals surface area contributed by atoms with Crippen LogP contribution in [0.4, 0.5) is 11.4 Å². The second kappa shape index (κ2) is 13.9. The van der Waals surface area contributed by atoms with Crippen molar-refractivity contribution in [3.05, 3.63) is 230 Å². The van der Waals surface area contributed by atoms with Gasteiger partial charge in [-0.3, -0.25) is 0 Å². The number of benzene rings is 9. The molecular weight excluding hydrogens is 713 g/mol. The number of hydrogen-bond donors (Lipinski definition) is 0. The van der Waals surface area contributed by atoms with Gasteiger partial charge in [-0.25, -0.2) is 9.69 Å². The van der Waals surface area contributed by atoms with E-state index in [1.807, 2.05) is 0 Å². The van der Waals surface area contributed by atoms with E-state index >= 15 is 0 Å². The highest BCUT2D eigenvalue weighted by molar-refractivity contribution is 6.20. The molecule has 0 atom stereocenters. The van der Waals surface area contributed by atoms with Crippen molar-refractivity contribution in [3.8, 4) is 55.6 Å². The summed E-state index contributed by atoms with van der Waals surface area (Å²) >= 11 is 0. The second-order valence-electron chi connectivity index (χ2n) is 16.2. The van der Waals surface area contributed by atoms with Gasteiger partial charge >= 0.3 is 0 Å². The Morgan fingerprint density at radius 1 is 0.356 bits per heavy atom. The molecule has 280 valence electrons. The number of aromatic nitrogens is 1. The zero-order valence-electron chi connectivity index (χ0n) is 33.2. The number of nitrogens with zero attached hydrogens (tertiary/aromatic N) is 2. The van der Waals surface area contributed by atoms with Gasteiger partial charge in [0.25, 0.3) is 0 Å². The first-order valence-corrected chi connectivity index (χ1v) is 20.5. The minimum Gasteiger partial charge on any atom is -0.249 e. The molecule has 1 aliphatic rings. The van der Waals surface area contributed by atoms with Crippen molar-refractivity contribution in [2.24, 2.45) is 0 Å². The normalized spacial score (nSPS) is 12.7. The van der Waals surface area contributed by atoms with Gasteiger partial charge in [0.05, 0.1) is 22.4 Å². The van der Waals surface area contributed by atoms with Crippen LogP contribution in [0, 0.1) is 0 Å². The Kier molecular flexibility index (Phi) is 8.20. The van der Waals surface area contributed by atoms with E-state index in [2.05, 4.69) is 242 Å². The van der Waals surface area contributed by atoms with Gasteiger partial charge in [-0.15, -0.1) is 0 Å². The van der Waals surface area contributed by atoms with E-state index in [0.717, 1.165) is 22.4 Å². The van der Waals surface area contributed by atoms with Crippen LogP contribution in [0.3, 0.4) is 0 Å². The quantitative estimate of drug-likeness (QED) is 0.157. The molecule has 0 N–H and O–H groups in total. The predicted molar refractivity (Wildman–Crippen MR) is 249 cm³/mol. The molecule has 9 aromatic carbocycles. The molecule has 1 heterocycles. The van der Waals surface area contributed by atoms with Gasteiger partial charge in [-0.05, 0) is 97.6 Å². The Morgan fingerprint density at radius 3 is 1.49 bits per heavy atom. The maximum atomic E-state index is 2.50. The smallest absolute Gasteiger partial charge is 0.0800 e. The molecule has 0 saturated heterocycles. The molecule has 0 bridgehead atoms. The summed E-state index contributed by atoms with van der Waals surface area (Å²) in [4.78, 5) is 0. The molecule has 0 spiro atoms. The molecular formula is C57H42N2. The summed E-state index contributed by atoms with van der Waals surface area (Å²) in [7, 11) is 0. The molecule has 0 radical (unpaired) electrons. The van der Waals surface area contributed by atoms with Gasteiger partial charge in [0.2, 0.25) is 0 Å². The summed E-state index contributed by atoms with van der Waals surface area (Å²) in [6, 6.07) is 79.9. The van der Waals surface area contributed by atoms with Crippen LogP contribution in [0.1, 0.15) is 25.0 Å². The van der Waals surface area contributed by atoms with Crippen LogP contribution in [-0.4, -0.2) is 4.68 Å². The van der Waals surface area contributed by atoms with E-state index in [1.165, 1.54) is 77.5 Å². The molecule has 59 heavy (non-hydrogen) atoms. The van der Waals surface area contributed by atoms with Crippen molar-refractivity contribution < 1.29 is 0 Å². The first-order valence-electron chi connectivity index (χ1n) is 20.5. The average molecular weight is 755 g/mol. The van der Waals surface area contributed by atoms with Crippen LogP contribution in [0.2, 0.25) is 0 Å². The molecule has 0 fully saturated rings. The fourth-order valence-corrected chi connectivity index (χ4v) is 9.48. The lowest BCUT2D eigenvalue weighted by Crippen LogP contribution is -2.25. The summed E-state index contributed by atoms with van der Waals surface area (Å²) in [5, 5.41) is 4.89. The fourth-order valence-electron chi connectivity index (χ4n) is 9.48. The van der Waals surface area contributed by atoms with Crippen molar-refractivity contribution in [1.82, 2.24) is 4.68 Å². The van der Waals surface area contributed by atoms with E-state index in [0.29, 0.717) is 0 Å². The lowest BCUT2D eigenvalue weighted by molar-refractivity contribution is 0.660. The zero-order valence-corrected chi connectivity index (χ0v) is 33.2. The third kappa shape index (κ3) is 5.71. The third-order valence-corrected chi connectivity index (χ3v) is 12.4. The van der Waals surface area contributed by atoms with Crippen LogP contribution in [0.5, 0.6) is 0 Å². The van der Waals surface area contributed by atoms with Crippen molar-refractivity contribution in [2.45, 2.75) is 19.3 Å². The summed E-state index contributed by atoms with van der Waals surface area (Å²) in [5.74, 6) is 0. The van der Waals surface area contributed by atoms with Gasteiger partial charge in [-0.2, -0.15) is 0 Å². The molecule has 0 aliphatic heterocycles. The maximum Gasteiger partial charge on any atom is 0.0800 e. The minimum absolute atomic E-state index is 0.161. The molecule has 1 aliphatic carbocycles. The Morgan fingerprint density at radius 2 is 0.831 bits per heavy atom. The summed E-state index contributed by atoms with van der Waals surface area (Å²) in [5.41, 5.74) is 19.2. The van der Waals surface area contributed by atoms with Crippen molar-refractivity contribution in [2.75, 3.05) is 5.01 Å². The largest absolute Gasteiger partial charge is 0.249 e. The molecule has 10 aromatic rings. The molecule has 1 aromatic heterocycles. The van der Waals surface area contributed by atoms with E-state index in [-0.39, 0.29) is 5.41 Å². The Labute approximate surface area is 345 Å². The highest BCUT2D eigenvalue weighted by Crippen LogP contribution is 2.51. The van der Waals surface area contributed by atoms with E-state index in [1.54, 1.807) is 0 Å². The fraction of sp³-hybridized carbons (Fsp3) is 0.0526. The van der Waals surface area contributed by atoms with Crippen molar-refractivity contribution in [1.29, 1.82) is 0 Å². The molecule has 11 rings (SSSR count). The predicted octanol–water partition coefficient (Wildman–Crippen LogP) is 15.4. The molecule has 0 amide bonds. The summed E-state index contributed by atoms with van der Waals surface area (Å²) in [6.45, 7) is 4.73. The van der Waals surface area contributed by atoms with Crippen LogP contribution in [0.15, 0.2) is 218 Å². The zero-order chi connectivity index (χ0) is 39.5. The SMILES string of the molecule is CC1(C)c2ccccc2-c2ccc(N(c3ccc(-c4ccccc4)cc3)n3c4ccc(-c5ccccc5)cc4c4c(-c5ccccc5)ccc(-c5ccccc5)c43)cc21. The van der Waals surface area contributed by atoms with E-state index in [9.17, 15) is 0 Å². The Hall–Kier alpha value is -7.42. The van der Waals surface area contributed by atoms with Crippen molar-refractivity contribution >= 4 is 33.2 Å². The Balaban J connectivity index is 1.26. The van der Waals surface area contributed by atoms with Crippen molar-refractivity contribution in [3.63, 3.8) is 0 Å². The van der Waals surface area contributed by atoms with Gasteiger partial charge in [0.15, 0.2) is 0 Å². The Bertz CT molecular complexity index is 3140. The van der Waals surface area contributed by atoms with Gasteiger partial charge < -0.3 is 0 Å². The van der Waals surface area contributed by atoms with E-state index in [4.69, 9.17) is 0 Å². The van der Waals surface area contributed by atoms with Crippen LogP contribution in [-0.2, 0) is 5.41 Å². The lowest BCUT2D eigenvalue weighted by atomic mass is 9.82.